The molecular weight excluding hydrogens is 275 g/mol. The minimum atomic E-state index is -2.11. The third kappa shape index (κ3) is 2.36. The lowest BCUT2D eigenvalue weighted by Crippen LogP contribution is -2.19. The van der Waals surface area contributed by atoms with Crippen LogP contribution in [0.5, 0.6) is 5.75 Å². The summed E-state index contributed by atoms with van der Waals surface area (Å²) in [5, 5.41) is 0. The van der Waals surface area contributed by atoms with Crippen LogP contribution in [0.25, 0.3) is 0 Å². The van der Waals surface area contributed by atoms with Crippen molar-refractivity contribution in [3.05, 3.63) is 30.3 Å². The van der Waals surface area contributed by atoms with Gasteiger partial charge in [-0.05, 0) is 51.6 Å². The molecule has 2 atom stereocenters. The van der Waals surface area contributed by atoms with E-state index in [2.05, 4.69) is 37.0 Å². The van der Waals surface area contributed by atoms with Crippen LogP contribution in [0.3, 0.4) is 0 Å². The highest BCUT2D eigenvalue weighted by Crippen LogP contribution is 2.69. The molecule has 5 heteroatoms. The van der Waals surface area contributed by atoms with Crippen molar-refractivity contribution in [2.24, 2.45) is 0 Å². The lowest BCUT2D eigenvalue weighted by Gasteiger charge is -2.29. The standard InChI is InChI=1S/C14H21N2OPS/c1-13(2)10-15(13)18(19,16-11-14(16,3)4)17-12-8-6-5-7-9-12/h5-9H,10-11H2,1-4H3. The van der Waals surface area contributed by atoms with Crippen LogP contribution in [0.1, 0.15) is 27.7 Å². The topological polar surface area (TPSA) is 15.2 Å². The van der Waals surface area contributed by atoms with Crippen LogP contribution in [0.15, 0.2) is 30.3 Å². The first kappa shape index (κ1) is 13.6. The Labute approximate surface area is 120 Å². The van der Waals surface area contributed by atoms with Crippen molar-refractivity contribution >= 4 is 18.4 Å². The van der Waals surface area contributed by atoms with Crippen molar-refractivity contribution in [2.75, 3.05) is 13.1 Å². The van der Waals surface area contributed by atoms with Gasteiger partial charge in [-0.1, -0.05) is 18.2 Å². The fourth-order valence-electron chi connectivity index (χ4n) is 2.37. The normalized spacial score (nSPS) is 33.3. The quantitative estimate of drug-likeness (QED) is 0.624. The number of benzene rings is 1. The number of para-hydroxylation sites is 1. The predicted octanol–water partition coefficient (Wildman–Crippen LogP) is 3.48. The van der Waals surface area contributed by atoms with Crippen molar-refractivity contribution in [3.63, 3.8) is 0 Å². The first-order chi connectivity index (χ1) is 8.76. The van der Waals surface area contributed by atoms with E-state index in [1.54, 1.807) is 0 Å². The van der Waals surface area contributed by atoms with Gasteiger partial charge in [0.2, 0.25) is 0 Å². The summed E-state index contributed by atoms with van der Waals surface area (Å²) >= 11 is 6.00. The minimum absolute atomic E-state index is 0.184. The van der Waals surface area contributed by atoms with Gasteiger partial charge in [0.05, 0.1) is 0 Å². The molecule has 3 rings (SSSR count). The number of rotatable bonds is 4. The monoisotopic (exact) mass is 296 g/mol. The summed E-state index contributed by atoms with van der Waals surface area (Å²) in [6, 6.07) is 9.98. The first-order valence-electron chi connectivity index (χ1n) is 6.67. The smallest absolute Gasteiger partial charge is 0.254 e. The summed E-state index contributed by atoms with van der Waals surface area (Å²) in [6.45, 7) is 8.90. The van der Waals surface area contributed by atoms with E-state index in [1.807, 2.05) is 30.3 Å². The van der Waals surface area contributed by atoms with Gasteiger partial charge in [0.25, 0.3) is 6.57 Å². The molecule has 0 N–H and O–H groups in total. The summed E-state index contributed by atoms with van der Waals surface area (Å²) in [7, 11) is 0. The van der Waals surface area contributed by atoms with Gasteiger partial charge in [-0.25, -0.2) is 9.34 Å². The largest absolute Gasteiger partial charge is 0.441 e. The zero-order valence-corrected chi connectivity index (χ0v) is 13.7. The average Bonchev–Trinajstić information content (AvgIpc) is 3.16. The predicted molar refractivity (Wildman–Crippen MR) is 82.9 cm³/mol. The molecule has 0 aromatic heterocycles. The maximum atomic E-state index is 6.30. The molecular formula is C14H21N2OPS. The van der Waals surface area contributed by atoms with Gasteiger partial charge < -0.3 is 4.52 Å². The summed E-state index contributed by atoms with van der Waals surface area (Å²) in [5.41, 5.74) is 0.367. The van der Waals surface area contributed by atoms with Crippen LogP contribution in [0.4, 0.5) is 0 Å². The molecule has 0 radical (unpaired) electrons. The third-order valence-electron chi connectivity index (χ3n) is 3.84. The molecule has 2 aliphatic heterocycles. The van der Waals surface area contributed by atoms with Gasteiger partial charge in [-0.15, -0.1) is 0 Å². The Bertz CT molecular complexity index is 518. The molecule has 0 aliphatic carbocycles. The zero-order chi connectivity index (χ0) is 13.9. The number of nitrogens with zero attached hydrogens (tertiary/aromatic N) is 2. The van der Waals surface area contributed by atoms with E-state index in [9.17, 15) is 0 Å². The summed E-state index contributed by atoms with van der Waals surface area (Å²) in [4.78, 5) is 0. The van der Waals surface area contributed by atoms with Gasteiger partial charge in [0, 0.05) is 24.2 Å². The van der Waals surface area contributed by atoms with E-state index in [0.717, 1.165) is 18.8 Å². The second-order valence-corrected chi connectivity index (χ2v) is 10.2. The van der Waals surface area contributed by atoms with E-state index in [0.29, 0.717) is 0 Å². The Kier molecular flexibility index (Phi) is 2.89. The summed E-state index contributed by atoms with van der Waals surface area (Å²) in [6.07, 6.45) is 0. The third-order valence-corrected chi connectivity index (χ3v) is 8.28. The molecule has 1 aromatic carbocycles. The van der Waals surface area contributed by atoms with Crippen molar-refractivity contribution in [1.29, 1.82) is 0 Å². The van der Waals surface area contributed by atoms with E-state index in [1.165, 1.54) is 0 Å². The Morgan fingerprint density at radius 3 is 1.79 bits per heavy atom. The molecule has 0 spiro atoms. The second-order valence-electron chi connectivity index (χ2n) is 6.64. The van der Waals surface area contributed by atoms with Crippen molar-refractivity contribution in [2.45, 2.75) is 38.8 Å². The average molecular weight is 296 g/mol. The highest BCUT2D eigenvalue weighted by molar-refractivity contribution is 8.10. The van der Waals surface area contributed by atoms with Crippen LogP contribution in [0, 0.1) is 0 Å². The van der Waals surface area contributed by atoms with Crippen molar-refractivity contribution < 1.29 is 4.52 Å². The first-order valence-corrected chi connectivity index (χ1v) is 9.29. The molecule has 19 heavy (non-hydrogen) atoms. The zero-order valence-electron chi connectivity index (χ0n) is 12.0. The van der Waals surface area contributed by atoms with Crippen LogP contribution < -0.4 is 4.52 Å². The van der Waals surface area contributed by atoms with Crippen molar-refractivity contribution in [3.8, 4) is 5.75 Å². The number of hydrogen-bond acceptors (Lipinski definition) is 2. The fraction of sp³-hybridized carbons (Fsp3) is 0.571. The molecule has 3 nitrogen and oxygen atoms in total. The summed E-state index contributed by atoms with van der Waals surface area (Å²) in [5.74, 6) is 0.885. The van der Waals surface area contributed by atoms with E-state index in [-0.39, 0.29) is 11.1 Å². The van der Waals surface area contributed by atoms with Gasteiger partial charge in [0.15, 0.2) is 0 Å². The van der Waals surface area contributed by atoms with Crippen molar-refractivity contribution in [1.82, 2.24) is 9.34 Å². The van der Waals surface area contributed by atoms with Gasteiger partial charge in [-0.2, -0.15) is 0 Å². The Balaban J connectivity index is 1.88. The molecule has 1 aromatic rings. The fourth-order valence-corrected chi connectivity index (χ4v) is 7.58. The molecule has 2 unspecified atom stereocenters. The van der Waals surface area contributed by atoms with E-state index in [4.69, 9.17) is 16.3 Å². The Morgan fingerprint density at radius 1 is 1.00 bits per heavy atom. The van der Waals surface area contributed by atoms with Gasteiger partial charge in [-0.3, -0.25) is 0 Å². The maximum absolute atomic E-state index is 6.30. The SMILES string of the molecule is CC1(C)CN1P(=S)(Oc1ccccc1)N1CC1(C)C. The lowest BCUT2D eigenvalue weighted by atomic mass is 10.2. The van der Waals surface area contributed by atoms with Crippen LogP contribution in [-0.2, 0) is 11.8 Å². The molecule has 0 saturated carbocycles. The Morgan fingerprint density at radius 2 is 1.42 bits per heavy atom. The van der Waals surface area contributed by atoms with Gasteiger partial charge >= 0.3 is 0 Å². The van der Waals surface area contributed by atoms with E-state index >= 15 is 0 Å². The Hall–Kier alpha value is -0.410. The minimum Gasteiger partial charge on any atom is -0.441 e. The lowest BCUT2D eigenvalue weighted by molar-refractivity contribution is 0.473. The van der Waals surface area contributed by atoms with Crippen LogP contribution in [0.2, 0.25) is 0 Å². The number of hydrogen-bond donors (Lipinski definition) is 0. The highest BCUT2D eigenvalue weighted by atomic mass is 32.5. The molecule has 0 amide bonds. The van der Waals surface area contributed by atoms with Crippen LogP contribution in [-0.4, -0.2) is 33.5 Å². The summed E-state index contributed by atoms with van der Waals surface area (Å²) < 4.78 is 11.0. The van der Waals surface area contributed by atoms with Crippen LogP contribution >= 0.6 is 6.57 Å². The second kappa shape index (κ2) is 4.05. The molecule has 0 bridgehead atoms. The maximum Gasteiger partial charge on any atom is 0.254 e. The highest BCUT2D eigenvalue weighted by Gasteiger charge is 2.63. The molecule has 2 heterocycles. The molecule has 2 fully saturated rings. The molecule has 2 saturated heterocycles. The molecule has 104 valence electrons. The van der Waals surface area contributed by atoms with Gasteiger partial charge in [0.1, 0.15) is 5.75 Å². The van der Waals surface area contributed by atoms with E-state index < -0.39 is 6.57 Å². The molecule has 2 aliphatic rings.